The summed E-state index contributed by atoms with van der Waals surface area (Å²) >= 11 is 0. The van der Waals surface area contributed by atoms with Gasteiger partial charge in [-0.25, -0.2) is 4.39 Å². The average molecular weight is 376 g/mol. The predicted octanol–water partition coefficient (Wildman–Crippen LogP) is 4.02. The third-order valence-electron chi connectivity index (χ3n) is 3.45. The smallest absolute Gasteiger partial charge is 0.329 e. The van der Waals surface area contributed by atoms with Crippen LogP contribution < -0.4 is 5.32 Å². The minimum absolute atomic E-state index is 0.000404. The number of nitrogens with one attached hydrogen (secondary N) is 1. The summed E-state index contributed by atoms with van der Waals surface area (Å²) in [7, 11) is 0. The SMILES string of the molecule is N#Cc1c(F)cccc1NC(=O)c1ccc(-c2noc(C(F)(F)F)n2)cc1. The van der Waals surface area contributed by atoms with Crippen molar-refractivity contribution in [3.8, 4) is 17.5 Å². The second-order valence-corrected chi connectivity index (χ2v) is 5.23. The molecule has 0 aliphatic heterocycles. The summed E-state index contributed by atoms with van der Waals surface area (Å²) in [5, 5.41) is 14.6. The third-order valence-corrected chi connectivity index (χ3v) is 3.45. The monoisotopic (exact) mass is 376 g/mol. The molecule has 1 amide bonds. The van der Waals surface area contributed by atoms with Gasteiger partial charge in [0.2, 0.25) is 5.82 Å². The van der Waals surface area contributed by atoms with Crippen LogP contribution in [0.2, 0.25) is 0 Å². The maximum Gasteiger partial charge on any atom is 0.471 e. The minimum Gasteiger partial charge on any atom is -0.329 e. The molecule has 2 aromatic carbocycles. The summed E-state index contributed by atoms with van der Waals surface area (Å²) < 4.78 is 55.2. The van der Waals surface area contributed by atoms with Crippen LogP contribution in [0, 0.1) is 17.1 Å². The average Bonchev–Trinajstić information content (AvgIpc) is 3.12. The number of hydrogen-bond acceptors (Lipinski definition) is 5. The van der Waals surface area contributed by atoms with E-state index < -0.39 is 23.8 Å². The number of rotatable bonds is 3. The molecule has 3 rings (SSSR count). The Balaban J connectivity index is 1.80. The highest BCUT2D eigenvalue weighted by atomic mass is 19.4. The number of aromatic nitrogens is 2. The van der Waals surface area contributed by atoms with Crippen LogP contribution in [0.15, 0.2) is 47.0 Å². The number of carbonyl (C=O) groups is 1. The van der Waals surface area contributed by atoms with Crippen LogP contribution in [0.25, 0.3) is 11.4 Å². The number of benzene rings is 2. The van der Waals surface area contributed by atoms with Crippen LogP contribution in [0.5, 0.6) is 0 Å². The fourth-order valence-corrected chi connectivity index (χ4v) is 2.16. The highest BCUT2D eigenvalue weighted by Crippen LogP contribution is 2.29. The highest BCUT2D eigenvalue weighted by molar-refractivity contribution is 6.05. The third kappa shape index (κ3) is 3.77. The Kier molecular flexibility index (Phi) is 4.60. The maximum atomic E-state index is 13.6. The van der Waals surface area contributed by atoms with Crippen LogP contribution in [0.1, 0.15) is 21.8 Å². The molecule has 3 aromatic rings. The molecule has 0 saturated carbocycles. The molecule has 1 N–H and O–H groups in total. The van der Waals surface area contributed by atoms with Crippen LogP contribution in [-0.4, -0.2) is 16.0 Å². The molecular formula is C17H8F4N4O2. The van der Waals surface area contributed by atoms with Gasteiger partial charge in [0, 0.05) is 11.1 Å². The van der Waals surface area contributed by atoms with Crippen molar-refractivity contribution >= 4 is 11.6 Å². The van der Waals surface area contributed by atoms with E-state index in [9.17, 15) is 22.4 Å². The summed E-state index contributed by atoms with van der Waals surface area (Å²) in [6, 6.07) is 10.7. The van der Waals surface area contributed by atoms with E-state index in [0.29, 0.717) is 0 Å². The fourth-order valence-electron chi connectivity index (χ4n) is 2.16. The summed E-state index contributed by atoms with van der Waals surface area (Å²) in [5.41, 5.74) is 0.0224. The molecule has 0 aliphatic rings. The van der Waals surface area contributed by atoms with Gasteiger partial charge in [0.05, 0.1) is 5.69 Å². The molecule has 0 fully saturated rings. The Morgan fingerprint density at radius 3 is 2.44 bits per heavy atom. The van der Waals surface area contributed by atoms with Crippen molar-refractivity contribution in [3.63, 3.8) is 0 Å². The van der Waals surface area contributed by atoms with E-state index >= 15 is 0 Å². The van der Waals surface area contributed by atoms with E-state index in [-0.39, 0.29) is 28.2 Å². The number of halogens is 4. The van der Waals surface area contributed by atoms with E-state index in [1.165, 1.54) is 36.4 Å². The highest BCUT2D eigenvalue weighted by Gasteiger charge is 2.38. The number of nitriles is 1. The van der Waals surface area contributed by atoms with Crippen molar-refractivity contribution in [2.24, 2.45) is 0 Å². The van der Waals surface area contributed by atoms with Crippen LogP contribution in [0.3, 0.4) is 0 Å². The topological polar surface area (TPSA) is 91.8 Å². The molecule has 27 heavy (non-hydrogen) atoms. The molecule has 0 bridgehead atoms. The van der Waals surface area contributed by atoms with Crippen LogP contribution >= 0.6 is 0 Å². The van der Waals surface area contributed by atoms with Gasteiger partial charge in [0.15, 0.2) is 0 Å². The first-order valence-corrected chi connectivity index (χ1v) is 7.31. The first-order chi connectivity index (χ1) is 12.8. The molecule has 0 unspecified atom stereocenters. The molecule has 0 saturated heterocycles. The lowest BCUT2D eigenvalue weighted by molar-refractivity contribution is -0.159. The lowest BCUT2D eigenvalue weighted by Crippen LogP contribution is -2.13. The first-order valence-electron chi connectivity index (χ1n) is 7.31. The van der Waals surface area contributed by atoms with E-state index in [1.54, 1.807) is 6.07 Å². The lowest BCUT2D eigenvalue weighted by Gasteiger charge is -2.07. The van der Waals surface area contributed by atoms with Gasteiger partial charge in [-0.15, -0.1) is 0 Å². The van der Waals surface area contributed by atoms with Gasteiger partial charge < -0.3 is 9.84 Å². The van der Waals surface area contributed by atoms with Gasteiger partial charge in [0.1, 0.15) is 17.4 Å². The summed E-state index contributed by atoms with van der Waals surface area (Å²) in [6.07, 6.45) is -4.76. The van der Waals surface area contributed by atoms with E-state index in [0.717, 1.165) is 6.07 Å². The zero-order valence-electron chi connectivity index (χ0n) is 13.2. The lowest BCUT2D eigenvalue weighted by atomic mass is 10.1. The van der Waals surface area contributed by atoms with Gasteiger partial charge in [-0.1, -0.05) is 23.4 Å². The standard InChI is InChI=1S/C17H8F4N4O2/c18-12-2-1-3-13(11(12)8-22)23-15(26)10-6-4-9(5-7-10)14-24-16(27-25-14)17(19,20)21/h1-7H,(H,23,26). The summed E-state index contributed by atoms with van der Waals surface area (Å²) in [4.78, 5) is 15.5. The van der Waals surface area contributed by atoms with Crippen molar-refractivity contribution in [3.05, 3.63) is 65.3 Å². The van der Waals surface area contributed by atoms with Crippen LogP contribution in [-0.2, 0) is 6.18 Å². The summed E-state index contributed by atoms with van der Waals surface area (Å²) in [5.74, 6) is -3.17. The molecule has 136 valence electrons. The normalized spacial score (nSPS) is 11.1. The zero-order chi connectivity index (χ0) is 19.6. The molecule has 0 aliphatic carbocycles. The van der Waals surface area contributed by atoms with Crippen molar-refractivity contribution in [2.75, 3.05) is 5.32 Å². The zero-order valence-corrected chi connectivity index (χ0v) is 13.2. The number of amides is 1. The van der Waals surface area contributed by atoms with Gasteiger partial charge in [0.25, 0.3) is 5.91 Å². The molecular weight excluding hydrogens is 368 g/mol. The van der Waals surface area contributed by atoms with E-state index in [4.69, 9.17) is 5.26 Å². The molecule has 10 heteroatoms. The van der Waals surface area contributed by atoms with Crippen molar-refractivity contribution in [1.82, 2.24) is 10.1 Å². The largest absolute Gasteiger partial charge is 0.471 e. The second-order valence-electron chi connectivity index (χ2n) is 5.23. The van der Waals surface area contributed by atoms with Gasteiger partial charge in [-0.3, -0.25) is 4.79 Å². The minimum atomic E-state index is -4.76. The number of nitrogens with zero attached hydrogens (tertiary/aromatic N) is 3. The molecule has 0 spiro atoms. The summed E-state index contributed by atoms with van der Waals surface area (Å²) in [6.45, 7) is 0. The van der Waals surface area contributed by atoms with E-state index in [2.05, 4.69) is 20.0 Å². The number of hydrogen-bond donors (Lipinski definition) is 1. The molecule has 1 heterocycles. The quantitative estimate of drug-likeness (QED) is 0.697. The first kappa shape index (κ1) is 18.1. The molecule has 1 aromatic heterocycles. The Morgan fingerprint density at radius 1 is 1.15 bits per heavy atom. The van der Waals surface area contributed by atoms with Gasteiger partial charge in [-0.2, -0.15) is 23.4 Å². The molecule has 0 atom stereocenters. The Labute approximate surface area is 149 Å². The Morgan fingerprint density at radius 2 is 1.85 bits per heavy atom. The molecule has 6 nitrogen and oxygen atoms in total. The van der Waals surface area contributed by atoms with Crippen molar-refractivity contribution in [1.29, 1.82) is 5.26 Å². The number of carbonyl (C=O) groups excluding carboxylic acids is 1. The number of alkyl halides is 3. The predicted molar refractivity (Wildman–Crippen MR) is 83.8 cm³/mol. The fraction of sp³-hybridized carbons (Fsp3) is 0.0588. The van der Waals surface area contributed by atoms with E-state index in [1.807, 2.05) is 0 Å². The van der Waals surface area contributed by atoms with Gasteiger partial charge >= 0.3 is 12.1 Å². The van der Waals surface area contributed by atoms with Crippen LogP contribution in [0.4, 0.5) is 23.2 Å². The van der Waals surface area contributed by atoms with Crippen molar-refractivity contribution in [2.45, 2.75) is 6.18 Å². The van der Waals surface area contributed by atoms with Gasteiger partial charge in [-0.05, 0) is 24.3 Å². The molecule has 0 radical (unpaired) electrons. The number of anilines is 1. The Bertz CT molecular complexity index is 1040. The second kappa shape index (κ2) is 6.87. The van der Waals surface area contributed by atoms with Crippen molar-refractivity contribution < 1.29 is 26.9 Å². The maximum absolute atomic E-state index is 13.6. The Hall–Kier alpha value is -3.74.